The van der Waals surface area contributed by atoms with E-state index >= 15 is 0 Å². The van der Waals surface area contributed by atoms with Crippen LogP contribution in [0.25, 0.3) is 16.7 Å². The fraction of sp³-hybridized carbons (Fsp3) is 0.188. The molecule has 0 saturated heterocycles. The molecule has 3 aromatic rings. The average molecular weight is 282 g/mol. The summed E-state index contributed by atoms with van der Waals surface area (Å²) in [5.41, 5.74) is 9.56. The van der Waals surface area contributed by atoms with Crippen LogP contribution in [0.15, 0.2) is 48.8 Å². The van der Waals surface area contributed by atoms with Crippen molar-refractivity contribution < 1.29 is 4.74 Å². The molecule has 3 rings (SSSR count). The molecule has 1 heterocycles. The number of hydrogen-bond acceptors (Lipinski definition) is 4. The van der Waals surface area contributed by atoms with E-state index in [0.717, 1.165) is 28.2 Å². The summed E-state index contributed by atoms with van der Waals surface area (Å²) in [7, 11) is 1.91. The maximum atomic E-state index is 5.53. The second-order valence-electron chi connectivity index (χ2n) is 4.70. The van der Waals surface area contributed by atoms with Gasteiger partial charge in [0.1, 0.15) is 18.7 Å². The number of nitrogens with two attached hydrogens (primary N) is 1. The number of nitrogens with zero attached hydrogens (tertiary/aromatic N) is 2. The molecule has 1 aromatic heterocycles. The second kappa shape index (κ2) is 5.85. The lowest BCUT2D eigenvalue weighted by Gasteiger charge is -2.07. The highest BCUT2D eigenvalue weighted by atomic mass is 16.5. The van der Waals surface area contributed by atoms with E-state index in [1.54, 1.807) is 0 Å². The van der Waals surface area contributed by atoms with Crippen molar-refractivity contribution in [1.29, 1.82) is 0 Å². The lowest BCUT2D eigenvalue weighted by atomic mass is 10.2. The molecule has 2 aromatic carbocycles. The molecule has 0 bridgehead atoms. The smallest absolute Gasteiger partial charge is 0.121 e. The topological polar surface area (TPSA) is 65.1 Å². The fourth-order valence-electron chi connectivity index (χ4n) is 2.25. The van der Waals surface area contributed by atoms with Crippen molar-refractivity contribution in [2.75, 3.05) is 25.5 Å². The quantitative estimate of drug-likeness (QED) is 0.754. The van der Waals surface area contributed by atoms with E-state index in [9.17, 15) is 0 Å². The number of rotatable bonds is 5. The predicted molar refractivity (Wildman–Crippen MR) is 85.2 cm³/mol. The molecule has 0 aliphatic rings. The van der Waals surface area contributed by atoms with Gasteiger partial charge in [0.05, 0.1) is 11.0 Å². The Balaban J connectivity index is 1.95. The third-order valence-corrected chi connectivity index (χ3v) is 3.34. The standard InChI is InChI=1S/C16H18N4O/c1-18-12-2-4-13(5-3-12)20-11-19-15-10-14(21-9-8-17)6-7-16(15)20/h2-7,10-11,18H,8-9,17H2,1H3. The Labute approximate surface area is 123 Å². The molecular formula is C16H18N4O. The molecule has 0 saturated carbocycles. The minimum absolute atomic E-state index is 0.504. The molecule has 0 aliphatic carbocycles. The first-order valence-electron chi connectivity index (χ1n) is 6.90. The van der Waals surface area contributed by atoms with Gasteiger partial charge in [0, 0.05) is 31.0 Å². The summed E-state index contributed by atoms with van der Waals surface area (Å²) in [5.74, 6) is 0.795. The largest absolute Gasteiger partial charge is 0.492 e. The van der Waals surface area contributed by atoms with Gasteiger partial charge in [-0.05, 0) is 36.4 Å². The zero-order valence-corrected chi connectivity index (χ0v) is 11.9. The van der Waals surface area contributed by atoms with Crippen LogP contribution in [-0.2, 0) is 0 Å². The highest BCUT2D eigenvalue weighted by Gasteiger charge is 2.06. The lowest BCUT2D eigenvalue weighted by molar-refractivity contribution is 0.328. The van der Waals surface area contributed by atoms with E-state index in [1.165, 1.54) is 0 Å². The number of aromatic nitrogens is 2. The maximum Gasteiger partial charge on any atom is 0.121 e. The number of ether oxygens (including phenoxy) is 1. The van der Waals surface area contributed by atoms with E-state index in [4.69, 9.17) is 10.5 Å². The van der Waals surface area contributed by atoms with Crippen molar-refractivity contribution in [3.8, 4) is 11.4 Å². The first-order valence-corrected chi connectivity index (χ1v) is 6.90. The van der Waals surface area contributed by atoms with Crippen LogP contribution in [0.5, 0.6) is 5.75 Å². The summed E-state index contributed by atoms with van der Waals surface area (Å²) >= 11 is 0. The normalized spacial score (nSPS) is 10.8. The summed E-state index contributed by atoms with van der Waals surface area (Å²) in [4.78, 5) is 4.44. The van der Waals surface area contributed by atoms with Crippen LogP contribution in [0, 0.1) is 0 Å². The molecule has 0 aliphatic heterocycles. The third kappa shape index (κ3) is 2.68. The van der Waals surface area contributed by atoms with Crippen molar-refractivity contribution in [2.24, 2.45) is 5.73 Å². The van der Waals surface area contributed by atoms with E-state index in [-0.39, 0.29) is 0 Å². The molecule has 5 nitrogen and oxygen atoms in total. The van der Waals surface area contributed by atoms with Gasteiger partial charge in [-0.1, -0.05) is 0 Å². The number of benzene rings is 2. The molecule has 0 atom stereocenters. The number of hydrogen-bond donors (Lipinski definition) is 2. The molecule has 0 amide bonds. The molecule has 5 heteroatoms. The minimum atomic E-state index is 0.504. The first kappa shape index (κ1) is 13.5. The van der Waals surface area contributed by atoms with Crippen LogP contribution in [0.4, 0.5) is 5.69 Å². The first-order chi connectivity index (χ1) is 10.3. The summed E-state index contributed by atoms with van der Waals surface area (Å²) < 4.78 is 7.58. The SMILES string of the molecule is CNc1ccc(-n2cnc3cc(OCCN)ccc32)cc1. The predicted octanol–water partition coefficient (Wildman–Crippen LogP) is 2.40. The molecule has 0 fully saturated rings. The average Bonchev–Trinajstić information content (AvgIpc) is 2.96. The zero-order valence-electron chi connectivity index (χ0n) is 11.9. The molecule has 0 unspecified atom stereocenters. The summed E-state index contributed by atoms with van der Waals surface area (Å²) in [6.07, 6.45) is 1.83. The van der Waals surface area contributed by atoms with Crippen LogP contribution in [0.1, 0.15) is 0 Å². The van der Waals surface area contributed by atoms with E-state index in [2.05, 4.69) is 27.0 Å². The van der Waals surface area contributed by atoms with E-state index in [1.807, 2.05) is 43.7 Å². The second-order valence-corrected chi connectivity index (χ2v) is 4.70. The van der Waals surface area contributed by atoms with Crippen LogP contribution in [-0.4, -0.2) is 29.8 Å². The summed E-state index contributed by atoms with van der Waals surface area (Å²) in [6, 6.07) is 14.1. The Morgan fingerprint density at radius 1 is 1.19 bits per heavy atom. The monoisotopic (exact) mass is 282 g/mol. The van der Waals surface area contributed by atoms with Gasteiger partial charge in [-0.15, -0.1) is 0 Å². The maximum absolute atomic E-state index is 5.53. The van der Waals surface area contributed by atoms with E-state index in [0.29, 0.717) is 13.2 Å². The lowest BCUT2D eigenvalue weighted by Crippen LogP contribution is -2.10. The van der Waals surface area contributed by atoms with Crippen LogP contribution >= 0.6 is 0 Å². The van der Waals surface area contributed by atoms with Crippen LogP contribution in [0.3, 0.4) is 0 Å². The zero-order chi connectivity index (χ0) is 14.7. The Bertz CT molecular complexity index is 734. The number of imidazole rings is 1. The molecule has 0 radical (unpaired) electrons. The van der Waals surface area contributed by atoms with E-state index < -0.39 is 0 Å². The van der Waals surface area contributed by atoms with Gasteiger partial charge in [0.25, 0.3) is 0 Å². The van der Waals surface area contributed by atoms with Crippen molar-refractivity contribution in [3.05, 3.63) is 48.8 Å². The van der Waals surface area contributed by atoms with Crippen molar-refractivity contribution in [2.45, 2.75) is 0 Å². The molecule has 3 N–H and O–H groups in total. The number of anilines is 1. The highest BCUT2D eigenvalue weighted by Crippen LogP contribution is 2.23. The van der Waals surface area contributed by atoms with Crippen LogP contribution < -0.4 is 15.8 Å². The third-order valence-electron chi connectivity index (χ3n) is 3.34. The molecule has 0 spiro atoms. The highest BCUT2D eigenvalue weighted by molar-refractivity contribution is 5.79. The Kier molecular flexibility index (Phi) is 3.75. The van der Waals surface area contributed by atoms with Gasteiger partial charge in [-0.25, -0.2) is 4.98 Å². The molecule has 21 heavy (non-hydrogen) atoms. The summed E-state index contributed by atoms with van der Waals surface area (Å²) in [5, 5.41) is 3.11. The molecule has 108 valence electrons. The van der Waals surface area contributed by atoms with Gasteiger partial charge in [0.2, 0.25) is 0 Å². The molecular weight excluding hydrogens is 264 g/mol. The fourth-order valence-corrected chi connectivity index (χ4v) is 2.25. The van der Waals surface area contributed by atoms with Gasteiger partial charge in [-0.3, -0.25) is 4.57 Å². The summed E-state index contributed by atoms with van der Waals surface area (Å²) in [6.45, 7) is 1.02. The van der Waals surface area contributed by atoms with Gasteiger partial charge in [0.15, 0.2) is 0 Å². The van der Waals surface area contributed by atoms with Crippen LogP contribution in [0.2, 0.25) is 0 Å². The van der Waals surface area contributed by atoms with Gasteiger partial charge < -0.3 is 15.8 Å². The Morgan fingerprint density at radius 2 is 2.00 bits per heavy atom. The number of fused-ring (bicyclic) bond motifs is 1. The van der Waals surface area contributed by atoms with Crippen molar-refractivity contribution in [1.82, 2.24) is 9.55 Å². The minimum Gasteiger partial charge on any atom is -0.492 e. The number of nitrogens with one attached hydrogen (secondary N) is 1. The van der Waals surface area contributed by atoms with Gasteiger partial charge >= 0.3 is 0 Å². The van der Waals surface area contributed by atoms with Gasteiger partial charge in [-0.2, -0.15) is 0 Å². The Morgan fingerprint density at radius 3 is 2.71 bits per heavy atom. The Hall–Kier alpha value is -2.53. The van der Waals surface area contributed by atoms with Crippen molar-refractivity contribution in [3.63, 3.8) is 0 Å². The van der Waals surface area contributed by atoms with Crippen molar-refractivity contribution >= 4 is 16.7 Å².